The molecule has 0 aromatic carbocycles. The van der Waals surface area contributed by atoms with Gasteiger partial charge in [0.1, 0.15) is 12.1 Å². The molecule has 6 rings (SSSR count). The molecule has 4 bridgehead atoms. The Kier molecular flexibility index (Phi) is 3.75. The summed E-state index contributed by atoms with van der Waals surface area (Å²) in [6.45, 7) is 0. The van der Waals surface area contributed by atoms with Crippen molar-refractivity contribution in [1.82, 2.24) is 14.5 Å². The molecule has 2 aromatic rings. The van der Waals surface area contributed by atoms with Crippen molar-refractivity contribution < 1.29 is 4.79 Å². The lowest BCUT2D eigenvalue weighted by Crippen LogP contribution is -2.53. The molecule has 2 unspecified atom stereocenters. The van der Waals surface area contributed by atoms with Crippen LogP contribution < -0.4 is 5.32 Å². The van der Waals surface area contributed by atoms with Crippen LogP contribution in [0, 0.1) is 17.3 Å². The van der Waals surface area contributed by atoms with Gasteiger partial charge in [-0.05, 0) is 67.9 Å². The first-order chi connectivity index (χ1) is 12.5. The van der Waals surface area contributed by atoms with Gasteiger partial charge < -0.3 is 5.32 Å². The summed E-state index contributed by atoms with van der Waals surface area (Å²) >= 11 is 4.03. The highest BCUT2D eigenvalue weighted by Crippen LogP contribution is 2.65. The van der Waals surface area contributed by atoms with Gasteiger partial charge in [-0.15, -0.1) is 0 Å². The van der Waals surface area contributed by atoms with Crippen LogP contribution in [-0.4, -0.2) is 24.8 Å². The molecular formula is C20H23BrN4O. The van der Waals surface area contributed by atoms with Crippen molar-refractivity contribution in [2.24, 2.45) is 17.3 Å². The van der Waals surface area contributed by atoms with Crippen LogP contribution in [0.15, 0.2) is 37.1 Å². The minimum absolute atomic E-state index is 0.125. The zero-order chi connectivity index (χ0) is 17.8. The zero-order valence-corrected chi connectivity index (χ0v) is 16.3. The Morgan fingerprint density at radius 1 is 1.27 bits per heavy atom. The quantitative estimate of drug-likeness (QED) is 0.757. The topological polar surface area (TPSA) is 59.8 Å². The summed E-state index contributed by atoms with van der Waals surface area (Å²) in [6.07, 6.45) is 15.2. The third-order valence-corrected chi connectivity index (χ3v) is 7.37. The number of hydrogen-bond donors (Lipinski definition) is 1. The largest absolute Gasteiger partial charge is 0.325 e. The first-order valence-electron chi connectivity index (χ1n) is 9.44. The fraction of sp³-hybridized carbons (Fsp3) is 0.550. The molecule has 26 heavy (non-hydrogen) atoms. The third kappa shape index (κ3) is 2.98. The van der Waals surface area contributed by atoms with E-state index < -0.39 is 0 Å². The van der Waals surface area contributed by atoms with E-state index in [0.29, 0.717) is 10.7 Å². The Bertz CT molecular complexity index is 803. The van der Waals surface area contributed by atoms with Crippen molar-refractivity contribution >= 4 is 27.5 Å². The first-order valence-corrected chi connectivity index (χ1v) is 10.2. The number of rotatable bonds is 4. The average molecular weight is 415 g/mol. The number of aromatic nitrogens is 3. The fourth-order valence-electron chi connectivity index (χ4n) is 6.10. The van der Waals surface area contributed by atoms with Gasteiger partial charge in [0.2, 0.25) is 5.91 Å². The van der Waals surface area contributed by atoms with Crippen LogP contribution in [-0.2, 0) is 4.79 Å². The number of carbonyl (C=O) groups is 1. The Hall–Kier alpha value is -1.69. The minimum Gasteiger partial charge on any atom is -0.325 e. The van der Waals surface area contributed by atoms with Crippen LogP contribution in [0.2, 0.25) is 0 Å². The smallest absolute Gasteiger partial charge is 0.224 e. The Labute approximate surface area is 161 Å². The van der Waals surface area contributed by atoms with Crippen molar-refractivity contribution in [3.05, 3.63) is 37.1 Å². The van der Waals surface area contributed by atoms with Gasteiger partial charge >= 0.3 is 0 Å². The number of anilines is 1. The van der Waals surface area contributed by atoms with Crippen molar-refractivity contribution in [3.8, 4) is 5.82 Å². The molecule has 0 spiro atoms. The van der Waals surface area contributed by atoms with Crippen molar-refractivity contribution in [1.29, 1.82) is 0 Å². The van der Waals surface area contributed by atoms with E-state index in [4.69, 9.17) is 0 Å². The number of alkyl halides is 1. The van der Waals surface area contributed by atoms with Gasteiger partial charge in [-0.25, -0.2) is 9.97 Å². The number of imidazole rings is 1. The summed E-state index contributed by atoms with van der Waals surface area (Å²) in [5.41, 5.74) is 0.958. The second-order valence-electron chi connectivity index (χ2n) is 8.71. The maximum atomic E-state index is 12.7. The summed E-state index contributed by atoms with van der Waals surface area (Å²) < 4.78 is 2.14. The summed E-state index contributed by atoms with van der Waals surface area (Å²) in [5, 5.41) is 3.06. The van der Waals surface area contributed by atoms with E-state index in [9.17, 15) is 4.79 Å². The van der Waals surface area contributed by atoms with Gasteiger partial charge in [-0.1, -0.05) is 15.9 Å². The minimum atomic E-state index is 0.125. The number of pyridine rings is 1. The molecule has 4 fully saturated rings. The number of nitrogens with one attached hydrogen (secondary N) is 1. The van der Waals surface area contributed by atoms with E-state index in [1.807, 2.05) is 22.9 Å². The van der Waals surface area contributed by atoms with Gasteiger partial charge in [0.15, 0.2) is 0 Å². The normalized spacial score (nSPS) is 34.8. The van der Waals surface area contributed by atoms with Gasteiger partial charge in [-0.3, -0.25) is 9.36 Å². The number of amides is 1. The number of halogens is 1. The van der Waals surface area contributed by atoms with Gasteiger partial charge in [-0.2, -0.15) is 0 Å². The maximum absolute atomic E-state index is 12.7. The molecule has 1 N–H and O–H groups in total. The molecule has 136 valence electrons. The van der Waals surface area contributed by atoms with Gasteiger partial charge in [0.25, 0.3) is 0 Å². The predicted octanol–water partition coefficient (Wildman–Crippen LogP) is 4.33. The Morgan fingerprint density at radius 3 is 2.69 bits per heavy atom. The Morgan fingerprint density at radius 2 is 2.08 bits per heavy atom. The molecule has 2 heterocycles. The molecule has 0 aliphatic heterocycles. The lowest BCUT2D eigenvalue weighted by molar-refractivity contribution is -0.123. The summed E-state index contributed by atoms with van der Waals surface area (Å²) in [5.74, 6) is 2.53. The molecule has 0 saturated heterocycles. The predicted molar refractivity (Wildman–Crippen MR) is 103 cm³/mol. The molecule has 2 aromatic heterocycles. The van der Waals surface area contributed by atoms with E-state index in [1.54, 1.807) is 18.7 Å². The second-order valence-corrected chi connectivity index (χ2v) is 10.4. The third-order valence-electron chi connectivity index (χ3n) is 6.45. The maximum Gasteiger partial charge on any atom is 0.224 e. The molecular weight excluding hydrogens is 392 g/mol. The Balaban J connectivity index is 1.26. The fourth-order valence-corrected chi connectivity index (χ4v) is 7.61. The van der Waals surface area contributed by atoms with E-state index in [2.05, 4.69) is 31.2 Å². The highest BCUT2D eigenvalue weighted by Gasteiger charge is 2.57. The molecule has 5 nitrogen and oxygen atoms in total. The summed E-state index contributed by atoms with van der Waals surface area (Å²) in [6, 6.07) is 3.81. The van der Waals surface area contributed by atoms with Gasteiger partial charge in [0.05, 0.1) is 11.9 Å². The molecule has 4 aliphatic rings. The van der Waals surface area contributed by atoms with E-state index >= 15 is 0 Å². The number of nitrogens with zero attached hydrogens (tertiary/aromatic N) is 3. The van der Waals surface area contributed by atoms with Crippen LogP contribution in [0.25, 0.3) is 5.82 Å². The number of carbonyl (C=O) groups excluding carboxylic acids is 1. The standard InChI is InChI=1S/C20H23BrN4O/c21-20-8-14-5-15(9-20)7-19(6-14,12-20)10-18(26)24-16-1-2-17(23-11-16)25-4-3-22-13-25/h1-4,11,13-15H,5-10,12H2,(H,24,26). The summed E-state index contributed by atoms with van der Waals surface area (Å²) in [4.78, 5) is 21.2. The highest BCUT2D eigenvalue weighted by molar-refractivity contribution is 9.10. The highest BCUT2D eigenvalue weighted by atomic mass is 79.9. The van der Waals surface area contributed by atoms with Crippen LogP contribution >= 0.6 is 15.9 Å². The lowest BCUT2D eigenvalue weighted by Gasteiger charge is -2.60. The second kappa shape index (κ2) is 5.91. The zero-order valence-electron chi connectivity index (χ0n) is 14.7. The van der Waals surface area contributed by atoms with Crippen molar-refractivity contribution in [3.63, 3.8) is 0 Å². The van der Waals surface area contributed by atoms with Crippen LogP contribution in [0.3, 0.4) is 0 Å². The SMILES string of the molecule is O=C(CC12CC3CC(CC(Br)(C3)C1)C2)Nc1ccc(-n2ccnc2)nc1. The van der Waals surface area contributed by atoms with Gasteiger partial charge in [0, 0.05) is 23.1 Å². The molecule has 1 amide bonds. The molecule has 4 saturated carbocycles. The number of hydrogen-bond acceptors (Lipinski definition) is 3. The molecule has 2 atom stereocenters. The van der Waals surface area contributed by atoms with Crippen LogP contribution in [0.5, 0.6) is 0 Å². The van der Waals surface area contributed by atoms with E-state index in [1.165, 1.54) is 32.1 Å². The lowest BCUT2D eigenvalue weighted by atomic mass is 9.48. The first kappa shape index (κ1) is 16.5. The van der Waals surface area contributed by atoms with Crippen molar-refractivity contribution in [2.45, 2.75) is 49.3 Å². The van der Waals surface area contributed by atoms with E-state index in [0.717, 1.165) is 29.8 Å². The van der Waals surface area contributed by atoms with Crippen LogP contribution in [0.4, 0.5) is 5.69 Å². The monoisotopic (exact) mass is 414 g/mol. The average Bonchev–Trinajstić information content (AvgIpc) is 3.07. The molecule has 4 aliphatic carbocycles. The van der Waals surface area contributed by atoms with Crippen molar-refractivity contribution in [2.75, 3.05) is 5.32 Å². The summed E-state index contributed by atoms with van der Waals surface area (Å²) in [7, 11) is 0. The molecule has 6 heteroatoms. The van der Waals surface area contributed by atoms with Crippen LogP contribution in [0.1, 0.15) is 44.9 Å². The van der Waals surface area contributed by atoms with E-state index in [-0.39, 0.29) is 11.3 Å². The molecule has 0 radical (unpaired) electrons.